The Bertz CT molecular complexity index is 671. The van der Waals surface area contributed by atoms with E-state index in [0.717, 1.165) is 25.3 Å². The molecule has 0 aromatic heterocycles. The second-order valence-electron chi connectivity index (χ2n) is 5.48. The number of benzene rings is 1. The lowest BCUT2D eigenvalue weighted by molar-refractivity contribution is -0.384. The molecule has 0 amide bonds. The normalized spacial score (nSPS) is 18.6. The lowest BCUT2D eigenvalue weighted by atomic mass is 10.1. The standard InChI is InChI=1S/C14H21N3O5S/c1-15-23(20,21)12-6-7-13(14(9-12)17(18)19)16(2)10-11-5-3-4-8-22-11/h6-7,9,11,15H,3-5,8,10H2,1-2H3. The van der Waals surface area contributed by atoms with Crippen LogP contribution in [-0.4, -0.2) is 46.7 Å². The zero-order valence-corrected chi connectivity index (χ0v) is 14.0. The molecule has 0 bridgehead atoms. The largest absolute Gasteiger partial charge is 0.376 e. The predicted octanol–water partition coefficient (Wildman–Crippen LogP) is 1.51. The number of anilines is 1. The number of sulfonamides is 1. The minimum Gasteiger partial charge on any atom is -0.376 e. The van der Waals surface area contributed by atoms with Gasteiger partial charge in [0.15, 0.2) is 0 Å². The van der Waals surface area contributed by atoms with E-state index < -0.39 is 14.9 Å². The molecule has 1 N–H and O–H groups in total. The number of nitrogens with one attached hydrogen (secondary N) is 1. The van der Waals surface area contributed by atoms with Crippen molar-refractivity contribution < 1.29 is 18.1 Å². The molecule has 1 heterocycles. The molecule has 0 saturated carbocycles. The average molecular weight is 343 g/mol. The predicted molar refractivity (Wildman–Crippen MR) is 86.2 cm³/mol. The summed E-state index contributed by atoms with van der Waals surface area (Å²) in [5.74, 6) is 0. The molecule has 1 unspecified atom stereocenters. The van der Waals surface area contributed by atoms with Gasteiger partial charge in [-0.3, -0.25) is 10.1 Å². The Morgan fingerprint density at radius 2 is 2.17 bits per heavy atom. The zero-order chi connectivity index (χ0) is 17.0. The number of hydrogen-bond donors (Lipinski definition) is 1. The van der Waals surface area contributed by atoms with Crippen LogP contribution in [0.2, 0.25) is 0 Å². The van der Waals surface area contributed by atoms with E-state index in [-0.39, 0.29) is 16.7 Å². The molecule has 1 aromatic rings. The highest BCUT2D eigenvalue weighted by Gasteiger charge is 2.24. The van der Waals surface area contributed by atoms with Gasteiger partial charge in [-0.25, -0.2) is 13.1 Å². The van der Waals surface area contributed by atoms with Crippen LogP contribution in [0.15, 0.2) is 23.1 Å². The van der Waals surface area contributed by atoms with Crippen LogP contribution in [0.25, 0.3) is 0 Å². The van der Waals surface area contributed by atoms with E-state index in [2.05, 4.69) is 4.72 Å². The summed E-state index contributed by atoms with van der Waals surface area (Å²) in [5, 5.41) is 11.3. The molecule has 0 aliphatic carbocycles. The minimum atomic E-state index is -3.72. The van der Waals surface area contributed by atoms with Crippen molar-refractivity contribution in [2.75, 3.05) is 32.1 Å². The molecule has 23 heavy (non-hydrogen) atoms. The lowest BCUT2D eigenvalue weighted by Crippen LogP contribution is -2.33. The van der Waals surface area contributed by atoms with E-state index in [1.807, 2.05) is 0 Å². The monoisotopic (exact) mass is 343 g/mol. The fraction of sp³-hybridized carbons (Fsp3) is 0.571. The highest BCUT2D eigenvalue weighted by atomic mass is 32.2. The second-order valence-corrected chi connectivity index (χ2v) is 7.37. The van der Waals surface area contributed by atoms with Gasteiger partial charge in [-0.1, -0.05) is 0 Å². The summed E-state index contributed by atoms with van der Waals surface area (Å²) in [6.07, 6.45) is 3.08. The minimum absolute atomic E-state index is 0.0362. The summed E-state index contributed by atoms with van der Waals surface area (Å²) in [5.41, 5.74) is 0.138. The van der Waals surface area contributed by atoms with Gasteiger partial charge < -0.3 is 9.64 Å². The van der Waals surface area contributed by atoms with Crippen LogP contribution >= 0.6 is 0 Å². The number of nitro groups is 1. The molecule has 9 heteroatoms. The zero-order valence-electron chi connectivity index (χ0n) is 13.2. The topological polar surface area (TPSA) is 102 Å². The van der Waals surface area contributed by atoms with Crippen molar-refractivity contribution in [3.05, 3.63) is 28.3 Å². The van der Waals surface area contributed by atoms with Gasteiger partial charge in [-0.15, -0.1) is 0 Å². The number of hydrogen-bond acceptors (Lipinski definition) is 6. The maximum Gasteiger partial charge on any atom is 0.293 e. The van der Waals surface area contributed by atoms with Gasteiger partial charge in [0.2, 0.25) is 10.0 Å². The van der Waals surface area contributed by atoms with Crippen LogP contribution in [0.4, 0.5) is 11.4 Å². The maximum atomic E-state index is 11.8. The average Bonchev–Trinajstić information content (AvgIpc) is 2.55. The van der Waals surface area contributed by atoms with Crippen LogP contribution in [0, 0.1) is 10.1 Å². The van der Waals surface area contributed by atoms with Gasteiger partial charge in [0.05, 0.1) is 15.9 Å². The maximum absolute atomic E-state index is 11.8. The molecule has 1 atom stereocenters. The van der Waals surface area contributed by atoms with Gasteiger partial charge in [-0.05, 0) is 38.4 Å². The summed E-state index contributed by atoms with van der Waals surface area (Å²) in [6, 6.07) is 3.91. The van der Waals surface area contributed by atoms with Crippen LogP contribution < -0.4 is 9.62 Å². The number of ether oxygens (including phenoxy) is 1. The van der Waals surface area contributed by atoms with Gasteiger partial charge in [-0.2, -0.15) is 0 Å². The van der Waals surface area contributed by atoms with Crippen molar-refractivity contribution in [2.45, 2.75) is 30.3 Å². The Kier molecular flexibility index (Phi) is 5.55. The summed E-state index contributed by atoms with van der Waals surface area (Å²) in [6.45, 7) is 1.24. The molecule has 0 radical (unpaired) electrons. The number of nitro benzene ring substituents is 1. The molecular weight excluding hydrogens is 322 g/mol. The van der Waals surface area contributed by atoms with Gasteiger partial charge in [0.25, 0.3) is 5.69 Å². The summed E-state index contributed by atoms with van der Waals surface area (Å²) < 4.78 is 31.4. The van der Waals surface area contributed by atoms with E-state index in [1.165, 1.54) is 19.2 Å². The summed E-state index contributed by atoms with van der Waals surface area (Å²) in [7, 11) is -0.713. The van der Waals surface area contributed by atoms with E-state index >= 15 is 0 Å². The van der Waals surface area contributed by atoms with E-state index in [9.17, 15) is 18.5 Å². The molecule has 1 aliphatic heterocycles. The van der Waals surface area contributed by atoms with Gasteiger partial charge >= 0.3 is 0 Å². The molecule has 1 aliphatic rings. The van der Waals surface area contributed by atoms with Crippen LogP contribution in [0.5, 0.6) is 0 Å². The molecule has 128 valence electrons. The fourth-order valence-corrected chi connectivity index (χ4v) is 3.36. The summed E-state index contributed by atoms with van der Waals surface area (Å²) in [4.78, 5) is 12.4. The Balaban J connectivity index is 2.28. The first-order valence-corrected chi connectivity index (χ1v) is 8.88. The number of likely N-dealkylation sites (N-methyl/N-ethyl adjacent to an activating group) is 1. The van der Waals surface area contributed by atoms with E-state index in [0.29, 0.717) is 18.8 Å². The van der Waals surface area contributed by atoms with E-state index in [1.54, 1.807) is 11.9 Å². The molecule has 1 aromatic carbocycles. The number of nitrogens with zero attached hydrogens (tertiary/aromatic N) is 2. The third kappa shape index (κ3) is 4.18. The Morgan fingerprint density at radius 3 is 2.74 bits per heavy atom. The smallest absolute Gasteiger partial charge is 0.293 e. The van der Waals surface area contributed by atoms with Crippen molar-refractivity contribution in [3.63, 3.8) is 0 Å². The third-order valence-corrected chi connectivity index (χ3v) is 5.30. The third-order valence-electron chi connectivity index (χ3n) is 3.89. The highest BCUT2D eigenvalue weighted by molar-refractivity contribution is 7.89. The molecule has 2 rings (SSSR count). The Morgan fingerprint density at radius 1 is 1.43 bits per heavy atom. The SMILES string of the molecule is CNS(=O)(=O)c1ccc(N(C)CC2CCCCO2)c([N+](=O)[O-])c1. The first-order valence-electron chi connectivity index (χ1n) is 7.40. The van der Waals surface area contributed by atoms with Crippen LogP contribution in [0.3, 0.4) is 0 Å². The van der Waals surface area contributed by atoms with Crippen molar-refractivity contribution in [1.29, 1.82) is 0 Å². The van der Waals surface area contributed by atoms with Crippen molar-refractivity contribution in [2.24, 2.45) is 0 Å². The van der Waals surface area contributed by atoms with Gasteiger partial charge in [0.1, 0.15) is 5.69 Å². The Labute approximate surface area is 135 Å². The fourth-order valence-electron chi connectivity index (χ4n) is 2.61. The first-order chi connectivity index (χ1) is 10.8. The summed E-state index contributed by atoms with van der Waals surface area (Å²) >= 11 is 0. The van der Waals surface area contributed by atoms with Crippen LogP contribution in [0.1, 0.15) is 19.3 Å². The second kappa shape index (κ2) is 7.24. The first kappa shape index (κ1) is 17.6. The van der Waals surface area contributed by atoms with E-state index in [4.69, 9.17) is 4.74 Å². The molecule has 1 fully saturated rings. The van der Waals surface area contributed by atoms with Crippen molar-refractivity contribution >= 4 is 21.4 Å². The molecule has 8 nitrogen and oxygen atoms in total. The lowest BCUT2D eigenvalue weighted by Gasteiger charge is -2.28. The van der Waals surface area contributed by atoms with Crippen molar-refractivity contribution in [1.82, 2.24) is 4.72 Å². The number of rotatable bonds is 6. The quantitative estimate of drug-likeness (QED) is 0.620. The molecule has 0 spiro atoms. The Hall–Kier alpha value is -1.71. The van der Waals surface area contributed by atoms with Crippen molar-refractivity contribution in [3.8, 4) is 0 Å². The highest BCUT2D eigenvalue weighted by Crippen LogP contribution is 2.30. The van der Waals surface area contributed by atoms with Gasteiger partial charge in [0, 0.05) is 26.3 Å². The van der Waals surface area contributed by atoms with Crippen LogP contribution in [-0.2, 0) is 14.8 Å². The molecular formula is C14H21N3O5S. The molecule has 1 saturated heterocycles.